The Hall–Kier alpha value is -3.22. The second kappa shape index (κ2) is 8.58. The van der Waals surface area contributed by atoms with Crippen LogP contribution in [0.15, 0.2) is 43.2 Å². The molecule has 2 aromatic rings. The summed E-state index contributed by atoms with van der Waals surface area (Å²) in [6, 6.07) is 5.28. The molecule has 0 atom stereocenters. The molecule has 2 amide bonds. The van der Waals surface area contributed by atoms with Crippen molar-refractivity contribution < 1.29 is 9.59 Å². The van der Waals surface area contributed by atoms with E-state index >= 15 is 0 Å². The summed E-state index contributed by atoms with van der Waals surface area (Å²) in [4.78, 5) is 32.0. The van der Waals surface area contributed by atoms with E-state index in [0.29, 0.717) is 30.2 Å². The maximum absolute atomic E-state index is 12.4. The van der Waals surface area contributed by atoms with Gasteiger partial charge in [0.2, 0.25) is 5.91 Å². The lowest BCUT2D eigenvalue weighted by atomic mass is 10.1. The fourth-order valence-electron chi connectivity index (χ4n) is 2.24. The van der Waals surface area contributed by atoms with Crippen molar-refractivity contribution in [3.63, 3.8) is 0 Å². The van der Waals surface area contributed by atoms with Crippen molar-refractivity contribution in [3.05, 3.63) is 48.8 Å². The number of carbonyl (C=O) groups excluding carboxylic acids is 2. The lowest BCUT2D eigenvalue weighted by molar-refractivity contribution is -0.114. The molecule has 0 fully saturated rings. The minimum atomic E-state index is -0.211. The van der Waals surface area contributed by atoms with Crippen LogP contribution in [0.25, 0.3) is 11.1 Å². The molecular weight excluding hydrogens is 318 g/mol. The van der Waals surface area contributed by atoms with Crippen molar-refractivity contribution in [1.82, 2.24) is 15.3 Å². The number of pyridine rings is 2. The van der Waals surface area contributed by atoms with Crippen LogP contribution in [0.2, 0.25) is 0 Å². The molecule has 0 radical (unpaired) electrons. The quantitative estimate of drug-likeness (QED) is 0.532. The van der Waals surface area contributed by atoms with E-state index in [2.05, 4.69) is 32.5 Å². The van der Waals surface area contributed by atoms with Gasteiger partial charge in [-0.15, -0.1) is 6.58 Å². The zero-order chi connectivity index (χ0) is 18.2. The number of nitrogens with one attached hydrogen (secondary N) is 3. The normalized spacial score (nSPS) is 10.0. The lowest BCUT2D eigenvalue weighted by Crippen LogP contribution is -2.25. The molecule has 3 N–H and O–H groups in total. The van der Waals surface area contributed by atoms with E-state index in [1.54, 1.807) is 43.7 Å². The summed E-state index contributed by atoms with van der Waals surface area (Å²) in [7, 11) is 1.71. The molecule has 0 aromatic carbocycles. The number of amides is 2. The van der Waals surface area contributed by atoms with Crippen LogP contribution < -0.4 is 16.0 Å². The number of nitrogens with zero attached hydrogens (tertiary/aromatic N) is 2. The standard InChI is InChI=1S/C18H21N5O2/c1-4-5-7-21-18(25)15-9-14(11-22-17(15)19-3)13-6-8-20-16(10-13)23-12(2)24/h4,6,8-11H,1,5,7H2,2-3H3,(H,19,22)(H,21,25)(H,20,23,24). The molecule has 0 unspecified atom stereocenters. The van der Waals surface area contributed by atoms with Crippen molar-refractivity contribution in [2.45, 2.75) is 13.3 Å². The highest BCUT2D eigenvalue weighted by Gasteiger charge is 2.14. The fourth-order valence-corrected chi connectivity index (χ4v) is 2.24. The Morgan fingerprint density at radius 2 is 2.04 bits per heavy atom. The number of hydrogen-bond donors (Lipinski definition) is 3. The molecule has 2 heterocycles. The molecule has 25 heavy (non-hydrogen) atoms. The van der Waals surface area contributed by atoms with Gasteiger partial charge in [-0.2, -0.15) is 0 Å². The van der Waals surface area contributed by atoms with Gasteiger partial charge >= 0.3 is 0 Å². The van der Waals surface area contributed by atoms with Gasteiger partial charge < -0.3 is 16.0 Å². The van der Waals surface area contributed by atoms with E-state index in [1.165, 1.54) is 6.92 Å². The van der Waals surface area contributed by atoms with Crippen LogP contribution in [-0.2, 0) is 4.79 Å². The number of hydrogen-bond acceptors (Lipinski definition) is 5. The first-order chi connectivity index (χ1) is 12.0. The maximum Gasteiger partial charge on any atom is 0.255 e. The first-order valence-electron chi connectivity index (χ1n) is 7.86. The molecule has 0 aliphatic rings. The van der Waals surface area contributed by atoms with Gasteiger partial charge in [-0.1, -0.05) is 6.08 Å². The second-order valence-corrected chi connectivity index (χ2v) is 5.31. The molecule has 7 heteroatoms. The molecule has 0 spiro atoms. The summed E-state index contributed by atoms with van der Waals surface area (Å²) in [5.74, 6) is 0.531. The number of aromatic nitrogens is 2. The van der Waals surface area contributed by atoms with Crippen molar-refractivity contribution in [1.29, 1.82) is 0 Å². The smallest absolute Gasteiger partial charge is 0.255 e. The second-order valence-electron chi connectivity index (χ2n) is 5.31. The van der Waals surface area contributed by atoms with Gasteiger partial charge in [0, 0.05) is 38.5 Å². The molecule has 7 nitrogen and oxygen atoms in total. The Labute approximate surface area is 146 Å². The Kier molecular flexibility index (Phi) is 6.22. The predicted octanol–water partition coefficient (Wildman–Crippen LogP) is 2.45. The van der Waals surface area contributed by atoms with Gasteiger partial charge in [0.05, 0.1) is 5.56 Å². The average Bonchev–Trinajstić information content (AvgIpc) is 2.61. The van der Waals surface area contributed by atoms with E-state index in [1.807, 2.05) is 0 Å². The summed E-state index contributed by atoms with van der Waals surface area (Å²) in [6.07, 6.45) is 5.70. The minimum Gasteiger partial charge on any atom is -0.372 e. The van der Waals surface area contributed by atoms with Gasteiger partial charge in [0.15, 0.2) is 0 Å². The molecule has 2 aromatic heterocycles. The van der Waals surface area contributed by atoms with Crippen LogP contribution in [0.4, 0.5) is 11.6 Å². The molecule has 0 saturated carbocycles. The predicted molar refractivity (Wildman–Crippen MR) is 98.5 cm³/mol. The van der Waals surface area contributed by atoms with E-state index < -0.39 is 0 Å². The van der Waals surface area contributed by atoms with Crippen LogP contribution in [-0.4, -0.2) is 35.4 Å². The monoisotopic (exact) mass is 339 g/mol. The number of anilines is 2. The van der Waals surface area contributed by atoms with E-state index in [9.17, 15) is 9.59 Å². The van der Waals surface area contributed by atoms with Crippen molar-refractivity contribution in [3.8, 4) is 11.1 Å². The molecule has 0 aliphatic heterocycles. The van der Waals surface area contributed by atoms with E-state index in [4.69, 9.17) is 0 Å². The molecule has 0 aliphatic carbocycles. The van der Waals surface area contributed by atoms with Crippen LogP contribution >= 0.6 is 0 Å². The zero-order valence-electron chi connectivity index (χ0n) is 14.3. The van der Waals surface area contributed by atoms with E-state index in [-0.39, 0.29) is 11.8 Å². The van der Waals surface area contributed by atoms with Crippen molar-refractivity contribution in [2.75, 3.05) is 24.2 Å². The average molecular weight is 339 g/mol. The van der Waals surface area contributed by atoms with Gasteiger partial charge in [-0.05, 0) is 30.2 Å². The van der Waals surface area contributed by atoms with Crippen LogP contribution in [0.5, 0.6) is 0 Å². The molecule has 0 saturated heterocycles. The highest BCUT2D eigenvalue weighted by Crippen LogP contribution is 2.24. The van der Waals surface area contributed by atoms with Gasteiger partial charge in [0.25, 0.3) is 5.91 Å². The highest BCUT2D eigenvalue weighted by atomic mass is 16.2. The Morgan fingerprint density at radius 3 is 2.72 bits per heavy atom. The summed E-state index contributed by atoms with van der Waals surface area (Å²) < 4.78 is 0. The molecule has 130 valence electrons. The third-order valence-electron chi connectivity index (χ3n) is 3.40. The summed E-state index contributed by atoms with van der Waals surface area (Å²) in [6.45, 7) is 5.57. The Morgan fingerprint density at radius 1 is 1.24 bits per heavy atom. The first-order valence-corrected chi connectivity index (χ1v) is 7.86. The van der Waals surface area contributed by atoms with Gasteiger partial charge in [-0.3, -0.25) is 9.59 Å². The summed E-state index contributed by atoms with van der Waals surface area (Å²) in [5.41, 5.74) is 2.00. The maximum atomic E-state index is 12.4. The van der Waals surface area contributed by atoms with Gasteiger partial charge in [0.1, 0.15) is 11.6 Å². The minimum absolute atomic E-state index is 0.199. The van der Waals surface area contributed by atoms with Crippen molar-refractivity contribution in [2.24, 2.45) is 0 Å². The third-order valence-corrected chi connectivity index (χ3v) is 3.40. The number of rotatable bonds is 7. The van der Waals surface area contributed by atoms with Gasteiger partial charge in [-0.25, -0.2) is 9.97 Å². The largest absolute Gasteiger partial charge is 0.372 e. The Balaban J connectivity index is 2.33. The molecule has 2 rings (SSSR count). The fraction of sp³-hybridized carbons (Fsp3) is 0.222. The topological polar surface area (TPSA) is 96.0 Å². The highest BCUT2D eigenvalue weighted by molar-refractivity contribution is 6.00. The third kappa shape index (κ3) is 4.87. The molecule has 0 bridgehead atoms. The van der Waals surface area contributed by atoms with Crippen LogP contribution in [0.3, 0.4) is 0 Å². The molecular formula is C18H21N5O2. The SMILES string of the molecule is C=CCCNC(=O)c1cc(-c2ccnc(NC(C)=O)c2)cnc1NC. The van der Waals surface area contributed by atoms with E-state index in [0.717, 1.165) is 11.1 Å². The summed E-state index contributed by atoms with van der Waals surface area (Å²) in [5, 5.41) is 8.39. The van der Waals surface area contributed by atoms with Crippen LogP contribution in [0, 0.1) is 0 Å². The van der Waals surface area contributed by atoms with Crippen molar-refractivity contribution >= 4 is 23.5 Å². The summed E-state index contributed by atoms with van der Waals surface area (Å²) >= 11 is 0. The zero-order valence-corrected chi connectivity index (χ0v) is 14.3. The lowest BCUT2D eigenvalue weighted by Gasteiger charge is -2.11. The Bertz CT molecular complexity index is 789. The first kappa shape index (κ1) is 18.1. The van der Waals surface area contributed by atoms with Crippen LogP contribution in [0.1, 0.15) is 23.7 Å². The number of carbonyl (C=O) groups is 2.